The van der Waals surface area contributed by atoms with E-state index in [9.17, 15) is 0 Å². The first-order chi connectivity index (χ1) is 9.61. The molecule has 0 unspecified atom stereocenters. The molecule has 0 fully saturated rings. The summed E-state index contributed by atoms with van der Waals surface area (Å²) in [7, 11) is 0. The van der Waals surface area contributed by atoms with E-state index in [0.717, 1.165) is 28.3 Å². The second kappa shape index (κ2) is 4.85. The number of rotatable bonds is 2. The molecule has 3 aromatic rings. The molecule has 3 nitrogen and oxygen atoms in total. The standard InChI is InChI=1S/C17H17N3/c1-11-6-12(2)8-14(7-11)16-10-19-17(20-16)13-4-3-5-15(18)9-13/h3-10H,18H2,1-2H3,(H,19,20). The zero-order valence-electron chi connectivity index (χ0n) is 11.6. The number of benzene rings is 2. The van der Waals surface area contributed by atoms with E-state index in [4.69, 9.17) is 5.73 Å². The summed E-state index contributed by atoms with van der Waals surface area (Å²) in [6, 6.07) is 14.2. The van der Waals surface area contributed by atoms with E-state index in [1.54, 1.807) is 0 Å². The maximum atomic E-state index is 5.81. The van der Waals surface area contributed by atoms with Gasteiger partial charge in [-0.25, -0.2) is 4.98 Å². The molecule has 20 heavy (non-hydrogen) atoms. The maximum Gasteiger partial charge on any atom is 0.137 e. The molecule has 0 radical (unpaired) electrons. The highest BCUT2D eigenvalue weighted by molar-refractivity contribution is 5.67. The van der Waals surface area contributed by atoms with Gasteiger partial charge in [-0.05, 0) is 38.1 Å². The van der Waals surface area contributed by atoms with Crippen LogP contribution in [0.4, 0.5) is 5.69 Å². The van der Waals surface area contributed by atoms with Crippen LogP contribution in [0, 0.1) is 13.8 Å². The van der Waals surface area contributed by atoms with Crippen LogP contribution in [0.3, 0.4) is 0 Å². The number of aromatic amines is 1. The van der Waals surface area contributed by atoms with Crippen LogP contribution in [-0.2, 0) is 0 Å². The molecule has 1 aromatic heterocycles. The van der Waals surface area contributed by atoms with Gasteiger partial charge in [-0.1, -0.05) is 29.3 Å². The van der Waals surface area contributed by atoms with Crippen molar-refractivity contribution in [1.82, 2.24) is 9.97 Å². The predicted molar refractivity (Wildman–Crippen MR) is 83.3 cm³/mol. The van der Waals surface area contributed by atoms with Gasteiger partial charge in [0.2, 0.25) is 0 Å². The normalized spacial score (nSPS) is 10.7. The highest BCUT2D eigenvalue weighted by atomic mass is 14.9. The first-order valence-corrected chi connectivity index (χ1v) is 6.61. The predicted octanol–water partition coefficient (Wildman–Crippen LogP) is 3.94. The molecule has 2 aromatic carbocycles. The topological polar surface area (TPSA) is 54.7 Å². The van der Waals surface area contributed by atoms with Crippen molar-refractivity contribution in [3.63, 3.8) is 0 Å². The number of anilines is 1. The minimum absolute atomic E-state index is 0.742. The van der Waals surface area contributed by atoms with Crippen LogP contribution in [0.5, 0.6) is 0 Å². The molecule has 0 aliphatic carbocycles. The third kappa shape index (κ3) is 2.43. The Labute approximate surface area is 118 Å². The molecular weight excluding hydrogens is 246 g/mol. The second-order valence-corrected chi connectivity index (χ2v) is 5.15. The number of nitrogen functional groups attached to an aromatic ring is 1. The molecule has 0 spiro atoms. The number of nitrogens with one attached hydrogen (secondary N) is 1. The zero-order chi connectivity index (χ0) is 14.1. The van der Waals surface area contributed by atoms with Crippen molar-refractivity contribution in [2.75, 3.05) is 5.73 Å². The molecule has 0 atom stereocenters. The third-order valence-corrected chi connectivity index (χ3v) is 3.27. The van der Waals surface area contributed by atoms with E-state index in [-0.39, 0.29) is 0 Å². The van der Waals surface area contributed by atoms with Crippen LogP contribution >= 0.6 is 0 Å². The van der Waals surface area contributed by atoms with Crippen LogP contribution in [0.25, 0.3) is 22.6 Å². The molecular formula is C17H17N3. The van der Waals surface area contributed by atoms with E-state index in [2.05, 4.69) is 42.0 Å². The number of nitrogens with zero attached hydrogens (tertiary/aromatic N) is 1. The molecule has 0 saturated carbocycles. The molecule has 0 amide bonds. The van der Waals surface area contributed by atoms with E-state index < -0.39 is 0 Å². The molecule has 3 rings (SSSR count). The van der Waals surface area contributed by atoms with E-state index in [0.29, 0.717) is 0 Å². The molecule has 0 saturated heterocycles. The average Bonchev–Trinajstić information content (AvgIpc) is 2.87. The summed E-state index contributed by atoms with van der Waals surface area (Å²) in [5, 5.41) is 0. The summed E-state index contributed by atoms with van der Waals surface area (Å²) in [5.74, 6) is 0.839. The van der Waals surface area contributed by atoms with Gasteiger partial charge >= 0.3 is 0 Å². The van der Waals surface area contributed by atoms with Gasteiger partial charge in [-0.15, -0.1) is 0 Å². The van der Waals surface area contributed by atoms with Crippen LogP contribution in [-0.4, -0.2) is 9.97 Å². The molecule has 0 aliphatic heterocycles. The second-order valence-electron chi connectivity index (χ2n) is 5.15. The molecule has 100 valence electrons. The number of aryl methyl sites for hydroxylation is 2. The Balaban J connectivity index is 2.02. The average molecular weight is 263 g/mol. The number of hydrogen-bond donors (Lipinski definition) is 2. The Kier molecular flexibility index (Phi) is 3.03. The van der Waals surface area contributed by atoms with Crippen LogP contribution in [0.15, 0.2) is 48.7 Å². The molecule has 3 heteroatoms. The minimum atomic E-state index is 0.742. The summed E-state index contributed by atoms with van der Waals surface area (Å²) in [6.45, 7) is 4.21. The van der Waals surface area contributed by atoms with Crippen molar-refractivity contribution in [3.8, 4) is 22.6 Å². The summed E-state index contributed by atoms with van der Waals surface area (Å²) in [6.07, 6.45) is 1.87. The SMILES string of the molecule is Cc1cc(C)cc(-c2cnc(-c3cccc(N)c3)[nH]2)c1. The van der Waals surface area contributed by atoms with Crippen LogP contribution in [0.1, 0.15) is 11.1 Å². The number of aromatic nitrogens is 2. The van der Waals surface area contributed by atoms with Crippen LogP contribution in [0.2, 0.25) is 0 Å². The summed E-state index contributed by atoms with van der Waals surface area (Å²) < 4.78 is 0. The summed E-state index contributed by atoms with van der Waals surface area (Å²) in [5.41, 5.74) is 12.2. The minimum Gasteiger partial charge on any atom is -0.399 e. The Bertz CT molecular complexity index is 736. The van der Waals surface area contributed by atoms with Gasteiger partial charge in [0, 0.05) is 16.8 Å². The number of hydrogen-bond acceptors (Lipinski definition) is 2. The van der Waals surface area contributed by atoms with Crippen molar-refractivity contribution in [3.05, 3.63) is 59.8 Å². The molecule has 0 bridgehead atoms. The molecule has 0 aliphatic rings. The van der Waals surface area contributed by atoms with Gasteiger partial charge in [-0.3, -0.25) is 0 Å². The highest BCUT2D eigenvalue weighted by Gasteiger charge is 2.06. The van der Waals surface area contributed by atoms with Crippen molar-refractivity contribution in [2.45, 2.75) is 13.8 Å². The lowest BCUT2D eigenvalue weighted by Gasteiger charge is -2.02. The van der Waals surface area contributed by atoms with Gasteiger partial charge in [0.1, 0.15) is 5.82 Å². The lowest BCUT2D eigenvalue weighted by Crippen LogP contribution is -1.86. The fourth-order valence-electron chi connectivity index (χ4n) is 2.43. The fraction of sp³-hybridized carbons (Fsp3) is 0.118. The van der Waals surface area contributed by atoms with E-state index >= 15 is 0 Å². The van der Waals surface area contributed by atoms with Gasteiger partial charge < -0.3 is 10.7 Å². The van der Waals surface area contributed by atoms with Gasteiger partial charge in [0.05, 0.1) is 11.9 Å². The Morgan fingerprint density at radius 2 is 1.70 bits per heavy atom. The highest BCUT2D eigenvalue weighted by Crippen LogP contribution is 2.24. The lowest BCUT2D eigenvalue weighted by molar-refractivity contribution is 1.30. The third-order valence-electron chi connectivity index (χ3n) is 3.27. The zero-order valence-corrected chi connectivity index (χ0v) is 11.6. The van der Waals surface area contributed by atoms with Crippen molar-refractivity contribution < 1.29 is 0 Å². The summed E-state index contributed by atoms with van der Waals surface area (Å²) >= 11 is 0. The van der Waals surface area contributed by atoms with Crippen molar-refractivity contribution in [2.24, 2.45) is 0 Å². The van der Waals surface area contributed by atoms with Crippen molar-refractivity contribution in [1.29, 1.82) is 0 Å². The Morgan fingerprint density at radius 1 is 0.950 bits per heavy atom. The van der Waals surface area contributed by atoms with E-state index in [1.807, 2.05) is 30.5 Å². The first kappa shape index (κ1) is 12.5. The largest absolute Gasteiger partial charge is 0.399 e. The Morgan fingerprint density at radius 3 is 2.40 bits per heavy atom. The van der Waals surface area contributed by atoms with Crippen LogP contribution < -0.4 is 5.73 Å². The summed E-state index contributed by atoms with van der Waals surface area (Å²) in [4.78, 5) is 7.81. The van der Waals surface area contributed by atoms with E-state index in [1.165, 1.54) is 11.1 Å². The smallest absolute Gasteiger partial charge is 0.137 e. The first-order valence-electron chi connectivity index (χ1n) is 6.61. The number of H-pyrrole nitrogens is 1. The maximum absolute atomic E-state index is 5.81. The van der Waals surface area contributed by atoms with Gasteiger partial charge in [0.15, 0.2) is 0 Å². The number of nitrogens with two attached hydrogens (primary N) is 1. The van der Waals surface area contributed by atoms with Crippen molar-refractivity contribution >= 4 is 5.69 Å². The molecule has 3 N–H and O–H groups in total. The van der Waals surface area contributed by atoms with Gasteiger partial charge in [-0.2, -0.15) is 0 Å². The molecule has 1 heterocycles. The number of imidazole rings is 1. The fourth-order valence-corrected chi connectivity index (χ4v) is 2.43. The van der Waals surface area contributed by atoms with Gasteiger partial charge in [0.25, 0.3) is 0 Å². The monoisotopic (exact) mass is 263 g/mol. The Hall–Kier alpha value is -2.55. The lowest BCUT2D eigenvalue weighted by atomic mass is 10.1. The quantitative estimate of drug-likeness (QED) is 0.688.